The molecule has 3 nitrogen and oxygen atoms in total. The smallest absolute Gasteiger partial charge is 0.252 e. The topological polar surface area (TPSA) is 32.3 Å². The summed E-state index contributed by atoms with van der Waals surface area (Å²) >= 11 is 0. The fraction of sp³-hybridized carbons (Fsp3) is 0.462. The van der Waals surface area contributed by atoms with Gasteiger partial charge in [-0.05, 0) is 39.3 Å². The third-order valence-electron chi connectivity index (χ3n) is 3.05. The molecule has 16 heavy (non-hydrogen) atoms. The molecular formula is C13H18N2O. The van der Waals surface area contributed by atoms with E-state index < -0.39 is 5.54 Å². The molecule has 0 bridgehead atoms. The van der Waals surface area contributed by atoms with Gasteiger partial charge in [-0.2, -0.15) is 0 Å². The predicted octanol–water partition coefficient (Wildman–Crippen LogP) is 2.55. The van der Waals surface area contributed by atoms with Gasteiger partial charge in [0, 0.05) is 6.54 Å². The average molecular weight is 218 g/mol. The first kappa shape index (κ1) is 11.0. The Morgan fingerprint density at radius 2 is 2.06 bits per heavy atom. The predicted molar refractivity (Wildman–Crippen MR) is 66.9 cm³/mol. The fourth-order valence-electron chi connectivity index (χ4n) is 2.25. The van der Waals surface area contributed by atoms with Gasteiger partial charge in [0.05, 0.1) is 11.4 Å². The van der Waals surface area contributed by atoms with Crippen molar-refractivity contribution < 1.29 is 4.79 Å². The minimum atomic E-state index is -0.517. The molecule has 2 rings (SSSR count). The highest BCUT2D eigenvalue weighted by molar-refractivity contribution is 6.08. The third kappa shape index (κ3) is 1.47. The van der Waals surface area contributed by atoms with E-state index in [0.29, 0.717) is 6.54 Å². The highest BCUT2D eigenvalue weighted by Crippen LogP contribution is 2.37. The number of fused-ring (bicyclic) bond motifs is 1. The van der Waals surface area contributed by atoms with Crippen molar-refractivity contribution in [1.82, 2.24) is 0 Å². The summed E-state index contributed by atoms with van der Waals surface area (Å²) in [6.45, 7) is 8.60. The third-order valence-corrected chi connectivity index (χ3v) is 3.05. The van der Waals surface area contributed by atoms with Crippen LogP contribution in [0.25, 0.3) is 0 Å². The minimum Gasteiger partial charge on any atom is -0.370 e. The van der Waals surface area contributed by atoms with Crippen molar-refractivity contribution in [3.05, 3.63) is 23.8 Å². The van der Waals surface area contributed by atoms with E-state index in [-0.39, 0.29) is 5.91 Å². The standard InChI is InChI=1S/C13H18N2O/c1-5-15-11-9(2)7-6-8-10(11)14-13(3,4)12(15)16/h6-8,14H,5H2,1-4H3. The fourth-order valence-corrected chi connectivity index (χ4v) is 2.25. The molecule has 1 N–H and O–H groups in total. The summed E-state index contributed by atoms with van der Waals surface area (Å²) in [4.78, 5) is 14.1. The van der Waals surface area contributed by atoms with Gasteiger partial charge in [-0.3, -0.25) is 4.79 Å². The molecule has 0 unspecified atom stereocenters. The zero-order valence-electron chi connectivity index (χ0n) is 10.3. The molecule has 0 radical (unpaired) electrons. The van der Waals surface area contributed by atoms with E-state index in [1.165, 1.54) is 0 Å². The van der Waals surface area contributed by atoms with E-state index in [1.807, 2.05) is 50.8 Å². The normalized spacial score (nSPS) is 18.0. The second-order valence-electron chi connectivity index (χ2n) is 4.77. The first-order valence-electron chi connectivity index (χ1n) is 5.67. The molecule has 0 aliphatic carbocycles. The summed E-state index contributed by atoms with van der Waals surface area (Å²) in [5.41, 5.74) is 2.69. The van der Waals surface area contributed by atoms with Crippen LogP contribution in [0.15, 0.2) is 18.2 Å². The Morgan fingerprint density at radius 1 is 1.38 bits per heavy atom. The van der Waals surface area contributed by atoms with Crippen molar-refractivity contribution in [1.29, 1.82) is 0 Å². The van der Waals surface area contributed by atoms with Crippen LogP contribution in [-0.4, -0.2) is 18.0 Å². The Labute approximate surface area is 96.5 Å². The summed E-state index contributed by atoms with van der Waals surface area (Å²) in [6.07, 6.45) is 0. The van der Waals surface area contributed by atoms with Crippen LogP contribution in [0.4, 0.5) is 11.4 Å². The van der Waals surface area contributed by atoms with Crippen molar-refractivity contribution in [2.75, 3.05) is 16.8 Å². The van der Waals surface area contributed by atoms with Gasteiger partial charge in [0.25, 0.3) is 5.91 Å². The Kier molecular flexibility index (Phi) is 2.41. The van der Waals surface area contributed by atoms with E-state index in [9.17, 15) is 4.79 Å². The van der Waals surface area contributed by atoms with E-state index >= 15 is 0 Å². The van der Waals surface area contributed by atoms with Crippen LogP contribution in [0.1, 0.15) is 26.3 Å². The molecule has 1 heterocycles. The number of hydrogen-bond acceptors (Lipinski definition) is 2. The molecule has 1 aliphatic rings. The Bertz CT molecular complexity index is 438. The zero-order chi connectivity index (χ0) is 11.9. The number of anilines is 2. The summed E-state index contributed by atoms with van der Waals surface area (Å²) in [5, 5.41) is 3.30. The van der Waals surface area contributed by atoms with Crippen LogP contribution in [0, 0.1) is 6.92 Å². The van der Waals surface area contributed by atoms with E-state index in [4.69, 9.17) is 0 Å². The van der Waals surface area contributed by atoms with Gasteiger partial charge in [0.1, 0.15) is 5.54 Å². The number of benzene rings is 1. The molecule has 0 fully saturated rings. The second kappa shape index (κ2) is 3.51. The highest BCUT2D eigenvalue weighted by Gasteiger charge is 2.38. The van der Waals surface area contributed by atoms with Gasteiger partial charge in [-0.25, -0.2) is 0 Å². The van der Waals surface area contributed by atoms with Gasteiger partial charge >= 0.3 is 0 Å². The second-order valence-corrected chi connectivity index (χ2v) is 4.77. The molecule has 86 valence electrons. The summed E-state index contributed by atoms with van der Waals surface area (Å²) in [6, 6.07) is 6.08. The lowest BCUT2D eigenvalue weighted by Crippen LogP contribution is -2.54. The first-order valence-corrected chi connectivity index (χ1v) is 5.67. The molecule has 3 heteroatoms. The molecular weight excluding hydrogens is 200 g/mol. The average Bonchev–Trinajstić information content (AvgIpc) is 2.21. The highest BCUT2D eigenvalue weighted by atomic mass is 16.2. The van der Waals surface area contributed by atoms with Crippen molar-refractivity contribution in [2.45, 2.75) is 33.2 Å². The Hall–Kier alpha value is -1.51. The Balaban J connectivity index is 2.61. The van der Waals surface area contributed by atoms with Crippen LogP contribution >= 0.6 is 0 Å². The van der Waals surface area contributed by atoms with E-state index in [2.05, 4.69) is 5.32 Å². The zero-order valence-corrected chi connectivity index (χ0v) is 10.3. The monoisotopic (exact) mass is 218 g/mol. The van der Waals surface area contributed by atoms with Crippen molar-refractivity contribution >= 4 is 17.3 Å². The number of likely N-dealkylation sites (N-methyl/N-ethyl adjacent to an activating group) is 1. The van der Waals surface area contributed by atoms with Gasteiger partial charge in [0.15, 0.2) is 0 Å². The number of nitrogens with zero attached hydrogens (tertiary/aromatic N) is 1. The number of rotatable bonds is 1. The van der Waals surface area contributed by atoms with Gasteiger partial charge in [-0.1, -0.05) is 12.1 Å². The Morgan fingerprint density at radius 3 is 2.69 bits per heavy atom. The maximum absolute atomic E-state index is 12.3. The van der Waals surface area contributed by atoms with Crippen LogP contribution in [0.2, 0.25) is 0 Å². The molecule has 0 saturated heterocycles. The summed E-state index contributed by atoms with van der Waals surface area (Å²) in [5.74, 6) is 0.136. The van der Waals surface area contributed by atoms with Crippen LogP contribution in [0.5, 0.6) is 0 Å². The molecule has 1 amide bonds. The van der Waals surface area contributed by atoms with Crippen molar-refractivity contribution in [2.24, 2.45) is 0 Å². The SMILES string of the molecule is CCN1C(=O)C(C)(C)Nc2cccc(C)c21. The lowest BCUT2D eigenvalue weighted by Gasteiger charge is -2.40. The van der Waals surface area contributed by atoms with Crippen molar-refractivity contribution in [3.63, 3.8) is 0 Å². The molecule has 1 aromatic carbocycles. The molecule has 0 aromatic heterocycles. The number of aryl methyl sites for hydroxylation is 1. The quantitative estimate of drug-likeness (QED) is 0.785. The number of carbonyl (C=O) groups excluding carboxylic acids is 1. The maximum Gasteiger partial charge on any atom is 0.252 e. The van der Waals surface area contributed by atoms with Gasteiger partial charge in [-0.15, -0.1) is 0 Å². The molecule has 0 saturated carbocycles. The van der Waals surface area contributed by atoms with Crippen LogP contribution in [-0.2, 0) is 4.79 Å². The summed E-state index contributed by atoms with van der Waals surface area (Å²) < 4.78 is 0. The minimum absolute atomic E-state index is 0.136. The first-order chi connectivity index (χ1) is 7.47. The number of para-hydroxylation sites is 1. The lowest BCUT2D eigenvalue weighted by molar-refractivity contribution is -0.122. The molecule has 1 aromatic rings. The number of carbonyl (C=O) groups is 1. The molecule has 0 atom stereocenters. The number of nitrogens with one attached hydrogen (secondary N) is 1. The van der Waals surface area contributed by atoms with Gasteiger partial charge < -0.3 is 10.2 Å². The number of amides is 1. The maximum atomic E-state index is 12.3. The van der Waals surface area contributed by atoms with Gasteiger partial charge in [0.2, 0.25) is 0 Å². The van der Waals surface area contributed by atoms with Crippen molar-refractivity contribution in [3.8, 4) is 0 Å². The van der Waals surface area contributed by atoms with Crippen LogP contribution < -0.4 is 10.2 Å². The molecule has 1 aliphatic heterocycles. The molecule has 0 spiro atoms. The van der Waals surface area contributed by atoms with E-state index in [0.717, 1.165) is 16.9 Å². The van der Waals surface area contributed by atoms with E-state index in [1.54, 1.807) is 0 Å². The van der Waals surface area contributed by atoms with Crippen LogP contribution in [0.3, 0.4) is 0 Å². The largest absolute Gasteiger partial charge is 0.370 e. The lowest BCUT2D eigenvalue weighted by atomic mass is 9.96. The summed E-state index contributed by atoms with van der Waals surface area (Å²) in [7, 11) is 0. The number of hydrogen-bond donors (Lipinski definition) is 1.